The summed E-state index contributed by atoms with van der Waals surface area (Å²) in [6, 6.07) is 14.3. The van der Waals surface area contributed by atoms with Gasteiger partial charge in [-0.3, -0.25) is 4.55 Å². The van der Waals surface area contributed by atoms with Gasteiger partial charge in [0.2, 0.25) is 17.2 Å². The van der Waals surface area contributed by atoms with Crippen LogP contribution in [0.2, 0.25) is 5.28 Å². The van der Waals surface area contributed by atoms with E-state index in [4.69, 9.17) is 11.6 Å². The number of nitrogens with zero attached hydrogens (tertiary/aromatic N) is 6. The quantitative estimate of drug-likeness (QED) is 0.0803. The molecule has 0 aliphatic heterocycles. The van der Waals surface area contributed by atoms with Crippen LogP contribution in [0.4, 0.5) is 34.6 Å². The van der Waals surface area contributed by atoms with E-state index in [1.807, 2.05) is 0 Å². The monoisotopic (exact) mass is 801 g/mol. The molecule has 17 nitrogen and oxygen atoms in total. The summed E-state index contributed by atoms with van der Waals surface area (Å²) in [7, 11) is -14.0. The van der Waals surface area contributed by atoms with Crippen molar-refractivity contribution in [2.75, 3.05) is 17.3 Å². The molecule has 0 saturated heterocycles. The number of hydrogen-bond donors (Lipinski definition) is 2. The van der Waals surface area contributed by atoms with E-state index >= 15 is 0 Å². The molecule has 0 aliphatic rings. The zero-order valence-electron chi connectivity index (χ0n) is 27.3. The maximum absolute atomic E-state index is 13.9. The number of aromatic nitrogens is 3. The number of benzene rings is 4. The fraction of sp³-hybridized carbons (Fsp3) is 0.0741. The van der Waals surface area contributed by atoms with E-state index in [0.717, 1.165) is 18.2 Å². The molecule has 5 rings (SSSR count). The Morgan fingerprint density at radius 2 is 1.47 bits per heavy atom. The van der Waals surface area contributed by atoms with Crippen molar-refractivity contribution in [2.45, 2.75) is 21.6 Å². The van der Waals surface area contributed by atoms with Gasteiger partial charge in [0.25, 0.3) is 10.1 Å². The third-order valence-corrected chi connectivity index (χ3v) is 9.31. The van der Waals surface area contributed by atoms with Crippen LogP contribution in [0.1, 0.15) is 5.56 Å². The second-order valence-electron chi connectivity index (χ2n) is 9.92. The SMILES string of the molecule is Cc1ccc(N=Nc2c(S(=O)(=O)O)cc3cc(S(=O)(=O)[O-])cc(Nc4nc(Cl)nc(N(C)c5ccccc5)n4)c3c2[O-])c(S(=O)(=O)[O-])c1.[Na+].[Na+].[Na+]. The molecule has 0 unspecified atom stereocenters. The summed E-state index contributed by atoms with van der Waals surface area (Å²) in [5.74, 6) is -1.64. The van der Waals surface area contributed by atoms with Crippen molar-refractivity contribution in [1.29, 1.82) is 0 Å². The second kappa shape index (κ2) is 17.5. The summed E-state index contributed by atoms with van der Waals surface area (Å²) < 4.78 is 106. The summed E-state index contributed by atoms with van der Waals surface area (Å²) >= 11 is 6.13. The molecule has 0 bridgehead atoms. The average Bonchev–Trinajstić information content (AvgIpc) is 2.99. The largest absolute Gasteiger partial charge is 1.00 e. The fourth-order valence-electron chi connectivity index (χ4n) is 4.42. The predicted molar refractivity (Wildman–Crippen MR) is 167 cm³/mol. The average molecular weight is 802 g/mol. The summed E-state index contributed by atoms with van der Waals surface area (Å²) in [5, 5.41) is 22.4. The zero-order valence-corrected chi connectivity index (χ0v) is 36.5. The molecule has 0 radical (unpaired) electrons. The Balaban J connectivity index is 0.00000300. The summed E-state index contributed by atoms with van der Waals surface area (Å²) in [6.07, 6.45) is 0. The molecule has 0 aliphatic carbocycles. The Bertz CT molecular complexity index is 2480. The second-order valence-corrected chi connectivity index (χ2v) is 14.4. The molecule has 0 fully saturated rings. The summed E-state index contributed by atoms with van der Waals surface area (Å²) in [6.45, 7) is 1.48. The van der Waals surface area contributed by atoms with Gasteiger partial charge in [0.1, 0.15) is 30.8 Å². The Hall–Kier alpha value is -1.83. The smallest absolute Gasteiger partial charge is 0.870 e. The molecule has 0 amide bonds. The third-order valence-electron chi connectivity index (χ3n) is 6.60. The maximum Gasteiger partial charge on any atom is 1.00 e. The van der Waals surface area contributed by atoms with E-state index in [1.165, 1.54) is 17.9 Å². The van der Waals surface area contributed by atoms with Gasteiger partial charge in [-0.25, -0.2) is 16.8 Å². The van der Waals surface area contributed by atoms with Crippen LogP contribution in [0.25, 0.3) is 10.8 Å². The van der Waals surface area contributed by atoms with Crippen molar-refractivity contribution in [2.24, 2.45) is 10.2 Å². The van der Waals surface area contributed by atoms with Crippen molar-refractivity contribution in [3.63, 3.8) is 0 Å². The molecule has 4 aromatic carbocycles. The van der Waals surface area contributed by atoms with E-state index in [9.17, 15) is 44.0 Å². The predicted octanol–water partition coefficient (Wildman–Crippen LogP) is -4.95. The number of fused-ring (bicyclic) bond motifs is 1. The van der Waals surface area contributed by atoms with Crippen LogP contribution in [0.3, 0.4) is 0 Å². The minimum absolute atomic E-state index is 0. The number of para-hydroxylation sites is 1. The van der Waals surface area contributed by atoms with Crippen molar-refractivity contribution in [3.05, 3.63) is 77.6 Å². The summed E-state index contributed by atoms with van der Waals surface area (Å²) in [4.78, 5) is 10.8. The van der Waals surface area contributed by atoms with E-state index in [-0.39, 0.29) is 106 Å². The maximum atomic E-state index is 13.9. The first kappa shape index (κ1) is 45.3. The third kappa shape index (κ3) is 10.7. The van der Waals surface area contributed by atoms with Crippen LogP contribution >= 0.6 is 11.6 Å². The number of hydrogen-bond acceptors (Lipinski definition) is 16. The number of halogens is 1. The van der Waals surface area contributed by atoms with Crippen molar-refractivity contribution >= 4 is 87.4 Å². The number of anilines is 4. The molecule has 1 aromatic heterocycles. The van der Waals surface area contributed by atoms with E-state index in [1.54, 1.807) is 37.4 Å². The topological polar surface area (TPSA) is 270 Å². The van der Waals surface area contributed by atoms with Gasteiger partial charge in [0.05, 0.1) is 15.5 Å². The molecule has 51 heavy (non-hydrogen) atoms. The van der Waals surface area contributed by atoms with E-state index in [0.29, 0.717) is 23.4 Å². The van der Waals surface area contributed by atoms with Crippen molar-refractivity contribution in [3.8, 4) is 5.75 Å². The van der Waals surface area contributed by atoms with Crippen LogP contribution in [-0.2, 0) is 30.4 Å². The standard InChI is InChI=1S/C27H22ClN7O10S3.3Na/c1-14-8-9-18(20(10-14)47(40,41)42)33-34-23-21(48(43,44)45)12-15-11-17(46(37,38)39)13-19(22(15)24(23)36)29-26-30-25(28)31-27(32-26)35(2)16-6-4-3-5-7-16;;;/h3-13,36H,1-2H3,(H,37,38,39)(H,40,41,42)(H,43,44,45)(H,29,30,31,32);;;/q;3*+1/p-3. The molecule has 0 atom stereocenters. The molecule has 1 heterocycles. The molecule has 0 spiro atoms. The van der Waals surface area contributed by atoms with Gasteiger partial charge in [0.15, 0.2) is 0 Å². The van der Waals surface area contributed by atoms with Crippen LogP contribution in [0.15, 0.2) is 91.6 Å². The fourth-order valence-corrected chi connectivity index (χ4v) is 6.46. The Morgan fingerprint density at radius 1 is 0.824 bits per heavy atom. The Kier molecular flexibility index (Phi) is 15.6. The first-order chi connectivity index (χ1) is 22.3. The molecule has 250 valence electrons. The number of aryl methyl sites for hydroxylation is 1. The number of azo groups is 1. The molecular weight excluding hydrogens is 783 g/mol. The first-order valence-corrected chi connectivity index (χ1v) is 17.7. The number of rotatable bonds is 9. The van der Waals surface area contributed by atoms with Crippen LogP contribution in [0, 0.1) is 6.92 Å². The molecule has 2 N–H and O–H groups in total. The van der Waals surface area contributed by atoms with E-state index < -0.39 is 78.6 Å². The van der Waals surface area contributed by atoms with Crippen molar-refractivity contribution < 1.29 is 133 Å². The normalized spacial score (nSPS) is 11.7. The Morgan fingerprint density at radius 3 is 2.06 bits per heavy atom. The summed E-state index contributed by atoms with van der Waals surface area (Å²) in [5.41, 5.74) is -1.07. The molecule has 0 saturated carbocycles. The van der Waals surface area contributed by atoms with E-state index in [2.05, 4.69) is 30.5 Å². The van der Waals surface area contributed by atoms with Gasteiger partial charge in [-0.05, 0) is 77.3 Å². The molecule has 24 heteroatoms. The number of nitrogens with one attached hydrogen (secondary N) is 1. The van der Waals surface area contributed by atoms with Gasteiger partial charge >= 0.3 is 88.7 Å². The van der Waals surface area contributed by atoms with Gasteiger partial charge in [-0.2, -0.15) is 23.4 Å². The molecular formula is C27H19ClN7Na3O10S3. The Labute approximate surface area is 363 Å². The van der Waals surface area contributed by atoms with Crippen LogP contribution in [0.5, 0.6) is 5.75 Å². The first-order valence-electron chi connectivity index (χ1n) is 13.0. The van der Waals surface area contributed by atoms with Gasteiger partial charge in [-0.15, -0.1) is 10.2 Å². The van der Waals surface area contributed by atoms with Gasteiger partial charge in [0, 0.05) is 18.4 Å². The minimum Gasteiger partial charge on any atom is -0.870 e. The molecule has 5 aromatic rings. The van der Waals surface area contributed by atoms with Gasteiger partial charge in [-0.1, -0.05) is 30.0 Å². The van der Waals surface area contributed by atoms with Crippen LogP contribution in [-0.4, -0.2) is 60.9 Å². The van der Waals surface area contributed by atoms with Crippen LogP contribution < -0.4 is 104 Å². The zero-order chi connectivity index (χ0) is 35.2. The minimum atomic E-state index is -5.30. The van der Waals surface area contributed by atoms with Gasteiger partial charge < -0.3 is 24.4 Å². The van der Waals surface area contributed by atoms with Crippen molar-refractivity contribution in [1.82, 2.24) is 15.0 Å².